The van der Waals surface area contributed by atoms with E-state index in [2.05, 4.69) is 0 Å². The number of hydrogen-bond acceptors (Lipinski definition) is 4. The third-order valence-corrected chi connectivity index (χ3v) is 4.13. The highest BCUT2D eigenvalue weighted by molar-refractivity contribution is 7.12. The minimum atomic E-state index is -0.826. The quantitative estimate of drug-likeness (QED) is 0.911. The first-order valence-corrected chi connectivity index (χ1v) is 7.36. The second-order valence-corrected chi connectivity index (χ2v) is 7.10. The molecule has 1 aliphatic heterocycles. The summed E-state index contributed by atoms with van der Waals surface area (Å²) in [5.41, 5.74) is 0.545. The van der Waals surface area contributed by atoms with Crippen molar-refractivity contribution in [1.29, 1.82) is 0 Å². The van der Waals surface area contributed by atoms with E-state index in [1.165, 1.54) is 16.2 Å². The normalized spacial score (nSPS) is 14.8. The number of amides is 1. The van der Waals surface area contributed by atoms with Crippen LogP contribution in [0.5, 0.6) is 0 Å². The average molecular weight is 297 g/mol. The largest absolute Gasteiger partial charge is 0.481 e. The summed E-state index contributed by atoms with van der Waals surface area (Å²) < 4.78 is 5.36. The Morgan fingerprint density at radius 2 is 2.15 bits per heavy atom. The van der Waals surface area contributed by atoms with Crippen molar-refractivity contribution in [3.63, 3.8) is 0 Å². The Kier molecular flexibility index (Phi) is 4.04. The van der Waals surface area contributed by atoms with Crippen LogP contribution in [-0.4, -0.2) is 34.2 Å². The molecule has 2 heterocycles. The molecule has 0 unspecified atom stereocenters. The van der Waals surface area contributed by atoms with Crippen molar-refractivity contribution in [2.24, 2.45) is 0 Å². The number of carboxylic acid groups (broad SMARTS) is 1. The molecule has 0 aliphatic carbocycles. The van der Waals surface area contributed by atoms with Crippen molar-refractivity contribution in [3.8, 4) is 0 Å². The van der Waals surface area contributed by atoms with Gasteiger partial charge in [0.1, 0.15) is 5.60 Å². The van der Waals surface area contributed by atoms with Gasteiger partial charge in [-0.05, 0) is 38.8 Å². The summed E-state index contributed by atoms with van der Waals surface area (Å²) in [4.78, 5) is 26.4. The third-order valence-electron chi connectivity index (χ3n) is 2.89. The van der Waals surface area contributed by atoms with E-state index in [4.69, 9.17) is 9.84 Å². The molecule has 5 nitrogen and oxygen atoms in total. The topological polar surface area (TPSA) is 66.8 Å². The zero-order valence-electron chi connectivity index (χ0n) is 11.9. The Labute approximate surface area is 122 Å². The second-order valence-electron chi connectivity index (χ2n) is 5.88. The van der Waals surface area contributed by atoms with Gasteiger partial charge >= 0.3 is 12.1 Å². The molecule has 0 saturated heterocycles. The summed E-state index contributed by atoms with van der Waals surface area (Å²) in [6.07, 6.45) is 0.498. The van der Waals surface area contributed by atoms with Gasteiger partial charge in [0.15, 0.2) is 0 Å². The molecule has 20 heavy (non-hydrogen) atoms. The van der Waals surface area contributed by atoms with Crippen molar-refractivity contribution < 1.29 is 19.4 Å². The standard InChI is InChI=1S/C14H19NO4S/c1-14(2,3)19-13(18)15-5-4-11-9(8-15)6-10(20-11)7-12(16)17/h6H,4-5,7-8H2,1-3H3,(H,16,17). The number of carbonyl (C=O) groups is 2. The summed E-state index contributed by atoms with van der Waals surface area (Å²) in [5.74, 6) is -0.826. The van der Waals surface area contributed by atoms with Crippen LogP contribution in [0.2, 0.25) is 0 Å². The van der Waals surface area contributed by atoms with E-state index in [-0.39, 0.29) is 12.5 Å². The van der Waals surface area contributed by atoms with Gasteiger partial charge in [-0.25, -0.2) is 4.79 Å². The highest BCUT2D eigenvalue weighted by atomic mass is 32.1. The molecule has 0 saturated carbocycles. The van der Waals surface area contributed by atoms with Crippen LogP contribution >= 0.6 is 11.3 Å². The molecule has 0 bridgehead atoms. The molecule has 1 aromatic rings. The molecular formula is C14H19NO4S. The Hall–Kier alpha value is -1.56. The molecule has 6 heteroatoms. The van der Waals surface area contributed by atoms with Gasteiger partial charge in [-0.2, -0.15) is 0 Å². The predicted octanol–water partition coefficient (Wildman–Crippen LogP) is 2.67. The number of thiophene rings is 1. The van der Waals surface area contributed by atoms with Crippen LogP contribution in [0.3, 0.4) is 0 Å². The lowest BCUT2D eigenvalue weighted by molar-refractivity contribution is -0.136. The predicted molar refractivity (Wildman–Crippen MR) is 76.0 cm³/mol. The molecule has 1 amide bonds. The number of hydrogen-bond donors (Lipinski definition) is 1. The van der Waals surface area contributed by atoms with Gasteiger partial charge in [-0.3, -0.25) is 4.79 Å². The molecule has 1 N–H and O–H groups in total. The molecule has 110 valence electrons. The van der Waals surface area contributed by atoms with Crippen LogP contribution < -0.4 is 0 Å². The molecule has 1 aliphatic rings. The van der Waals surface area contributed by atoms with Crippen LogP contribution in [-0.2, 0) is 28.9 Å². The summed E-state index contributed by atoms with van der Waals surface area (Å²) in [5, 5.41) is 8.82. The summed E-state index contributed by atoms with van der Waals surface area (Å²) in [6.45, 7) is 6.65. The molecule has 2 rings (SSSR count). The lowest BCUT2D eigenvalue weighted by Crippen LogP contribution is -2.39. The van der Waals surface area contributed by atoms with Gasteiger partial charge < -0.3 is 14.7 Å². The highest BCUT2D eigenvalue weighted by Crippen LogP contribution is 2.29. The molecule has 0 radical (unpaired) electrons. The zero-order valence-corrected chi connectivity index (χ0v) is 12.7. The Morgan fingerprint density at radius 3 is 2.75 bits per heavy atom. The molecule has 0 spiro atoms. The van der Waals surface area contributed by atoms with Crippen molar-refractivity contribution in [1.82, 2.24) is 4.90 Å². The van der Waals surface area contributed by atoms with Crippen molar-refractivity contribution in [2.75, 3.05) is 6.54 Å². The Balaban J connectivity index is 2.05. The molecule has 0 fully saturated rings. The van der Waals surface area contributed by atoms with Crippen LogP contribution in [0.4, 0.5) is 4.79 Å². The van der Waals surface area contributed by atoms with E-state index in [0.717, 1.165) is 16.9 Å². The fourth-order valence-corrected chi connectivity index (χ4v) is 3.27. The maximum atomic E-state index is 12.0. The van der Waals surface area contributed by atoms with Gasteiger partial charge in [-0.15, -0.1) is 11.3 Å². The molecule has 0 aromatic carbocycles. The smallest absolute Gasteiger partial charge is 0.410 e. The fraction of sp³-hybridized carbons (Fsp3) is 0.571. The minimum absolute atomic E-state index is 0.0457. The van der Waals surface area contributed by atoms with E-state index < -0.39 is 11.6 Å². The van der Waals surface area contributed by atoms with Gasteiger partial charge in [0.2, 0.25) is 0 Å². The molecule has 1 aromatic heterocycles. The van der Waals surface area contributed by atoms with E-state index in [1.807, 2.05) is 26.8 Å². The van der Waals surface area contributed by atoms with E-state index >= 15 is 0 Å². The SMILES string of the molecule is CC(C)(C)OC(=O)N1CCc2sc(CC(=O)O)cc2C1. The lowest BCUT2D eigenvalue weighted by Gasteiger charge is -2.29. The highest BCUT2D eigenvalue weighted by Gasteiger charge is 2.27. The van der Waals surface area contributed by atoms with Gasteiger partial charge in [-0.1, -0.05) is 0 Å². The van der Waals surface area contributed by atoms with Crippen molar-refractivity contribution in [2.45, 2.75) is 45.8 Å². The monoisotopic (exact) mass is 297 g/mol. The first kappa shape index (κ1) is 14.8. The first-order chi connectivity index (χ1) is 9.24. The summed E-state index contributed by atoms with van der Waals surface area (Å²) in [6, 6.07) is 1.89. The summed E-state index contributed by atoms with van der Waals surface area (Å²) >= 11 is 1.53. The molecule has 0 atom stereocenters. The maximum Gasteiger partial charge on any atom is 0.410 e. The van der Waals surface area contributed by atoms with Crippen LogP contribution in [0.15, 0.2) is 6.07 Å². The number of carbonyl (C=O) groups excluding carboxylic acids is 1. The Bertz CT molecular complexity index is 530. The average Bonchev–Trinajstić information content (AvgIpc) is 2.66. The zero-order chi connectivity index (χ0) is 14.9. The fourth-order valence-electron chi connectivity index (χ4n) is 2.11. The third kappa shape index (κ3) is 3.72. The van der Waals surface area contributed by atoms with E-state index in [0.29, 0.717) is 13.1 Å². The maximum absolute atomic E-state index is 12.0. The number of rotatable bonds is 2. The van der Waals surface area contributed by atoms with Gasteiger partial charge in [0.25, 0.3) is 0 Å². The second kappa shape index (κ2) is 5.44. The first-order valence-electron chi connectivity index (χ1n) is 6.55. The number of ether oxygens (including phenoxy) is 1. The van der Waals surface area contributed by atoms with Gasteiger partial charge in [0.05, 0.1) is 13.0 Å². The Morgan fingerprint density at radius 1 is 1.45 bits per heavy atom. The van der Waals surface area contributed by atoms with Gasteiger partial charge in [0, 0.05) is 16.3 Å². The van der Waals surface area contributed by atoms with E-state index in [9.17, 15) is 9.59 Å². The van der Waals surface area contributed by atoms with Crippen LogP contribution in [0.25, 0.3) is 0 Å². The van der Waals surface area contributed by atoms with E-state index in [1.54, 1.807) is 4.90 Å². The number of carboxylic acids is 1. The summed E-state index contributed by atoms with van der Waals surface area (Å²) in [7, 11) is 0. The number of nitrogens with zero attached hydrogens (tertiary/aromatic N) is 1. The molecular weight excluding hydrogens is 278 g/mol. The lowest BCUT2D eigenvalue weighted by atomic mass is 10.1. The minimum Gasteiger partial charge on any atom is -0.481 e. The number of aliphatic carboxylic acids is 1. The van der Waals surface area contributed by atoms with Crippen molar-refractivity contribution >= 4 is 23.4 Å². The van der Waals surface area contributed by atoms with Crippen LogP contribution in [0, 0.1) is 0 Å². The van der Waals surface area contributed by atoms with Crippen molar-refractivity contribution in [3.05, 3.63) is 21.4 Å². The van der Waals surface area contributed by atoms with Crippen LogP contribution in [0.1, 0.15) is 36.1 Å². The number of fused-ring (bicyclic) bond motifs is 1.